The molecule has 5 heterocycles. The van der Waals surface area contributed by atoms with Gasteiger partial charge in [-0.2, -0.15) is 0 Å². The van der Waals surface area contributed by atoms with Gasteiger partial charge in [0.15, 0.2) is 23.0 Å². The first-order valence-corrected chi connectivity index (χ1v) is 10.8. The third kappa shape index (κ3) is 2.96. The Morgan fingerprint density at radius 2 is 1.39 bits per heavy atom. The lowest BCUT2D eigenvalue weighted by Gasteiger charge is -2.28. The number of furan rings is 1. The number of fused-ring (bicyclic) bond motifs is 3. The summed E-state index contributed by atoms with van der Waals surface area (Å²) < 4.78 is 34.2. The molecule has 0 bridgehead atoms. The van der Waals surface area contributed by atoms with Crippen molar-refractivity contribution >= 4 is 16.9 Å². The highest BCUT2D eigenvalue weighted by Gasteiger charge is 2.27. The molecule has 9 nitrogen and oxygen atoms in total. The topological polar surface area (TPSA) is 88.3 Å². The van der Waals surface area contributed by atoms with Crippen LogP contribution in [-0.2, 0) is 4.74 Å². The van der Waals surface area contributed by atoms with Gasteiger partial charge in [0.2, 0.25) is 19.3 Å². The van der Waals surface area contributed by atoms with Crippen molar-refractivity contribution in [3.05, 3.63) is 42.7 Å². The molecule has 0 saturated carbocycles. The number of hydrogen-bond donors (Lipinski definition) is 0. The minimum Gasteiger partial charge on any atom is -0.454 e. The van der Waals surface area contributed by atoms with Crippen LogP contribution in [0.25, 0.3) is 33.6 Å². The van der Waals surface area contributed by atoms with Crippen molar-refractivity contribution in [3.8, 4) is 45.4 Å². The third-order valence-electron chi connectivity index (χ3n) is 6.07. The quantitative estimate of drug-likeness (QED) is 0.466. The lowest BCUT2D eigenvalue weighted by atomic mass is 9.98. The summed E-state index contributed by atoms with van der Waals surface area (Å²) >= 11 is 0. The highest BCUT2D eigenvalue weighted by molar-refractivity contribution is 6.06. The second-order valence-electron chi connectivity index (χ2n) is 7.92. The Morgan fingerprint density at radius 1 is 0.727 bits per heavy atom. The molecule has 1 saturated heterocycles. The largest absolute Gasteiger partial charge is 0.454 e. The Bertz CT molecular complexity index is 1380. The van der Waals surface area contributed by atoms with Crippen LogP contribution in [0.5, 0.6) is 23.0 Å². The number of benzene rings is 2. The molecule has 3 aliphatic rings. The van der Waals surface area contributed by atoms with E-state index < -0.39 is 0 Å². The molecule has 0 amide bonds. The van der Waals surface area contributed by atoms with Crippen LogP contribution in [0.4, 0.5) is 5.82 Å². The summed E-state index contributed by atoms with van der Waals surface area (Å²) in [5.74, 6) is 4.32. The van der Waals surface area contributed by atoms with Crippen molar-refractivity contribution in [1.29, 1.82) is 0 Å². The van der Waals surface area contributed by atoms with E-state index >= 15 is 0 Å². The SMILES string of the molecule is c1nc(N2CCOCC2)c2c(-c3ccc4c(c3)OCO4)c(-c3ccc4c(c3)OCO4)oc2n1. The zero-order chi connectivity index (χ0) is 21.8. The molecule has 4 aromatic rings. The van der Waals surface area contributed by atoms with Crippen LogP contribution in [0.15, 0.2) is 47.1 Å². The summed E-state index contributed by atoms with van der Waals surface area (Å²) in [4.78, 5) is 11.3. The van der Waals surface area contributed by atoms with Crippen molar-refractivity contribution in [2.45, 2.75) is 0 Å². The number of ether oxygens (including phenoxy) is 5. The first kappa shape index (κ1) is 18.6. The lowest BCUT2D eigenvalue weighted by molar-refractivity contribution is 0.122. The van der Waals surface area contributed by atoms with Gasteiger partial charge in [-0.1, -0.05) is 6.07 Å². The first-order valence-electron chi connectivity index (χ1n) is 10.8. The van der Waals surface area contributed by atoms with E-state index in [-0.39, 0.29) is 13.6 Å². The minimum atomic E-state index is 0.209. The van der Waals surface area contributed by atoms with Crippen LogP contribution in [-0.4, -0.2) is 49.9 Å². The maximum absolute atomic E-state index is 6.37. The average Bonchev–Trinajstić information content (AvgIpc) is 3.61. The highest BCUT2D eigenvalue weighted by Crippen LogP contribution is 2.47. The second kappa shape index (κ2) is 7.28. The summed E-state index contributed by atoms with van der Waals surface area (Å²) in [6, 6.07) is 11.7. The fraction of sp³-hybridized carbons (Fsp3) is 0.250. The average molecular weight is 445 g/mol. The van der Waals surface area contributed by atoms with E-state index in [1.165, 1.54) is 0 Å². The molecule has 0 unspecified atom stereocenters. The summed E-state index contributed by atoms with van der Waals surface area (Å²) in [5, 5.41) is 0.853. The van der Waals surface area contributed by atoms with Crippen LogP contribution in [0.1, 0.15) is 0 Å². The van der Waals surface area contributed by atoms with Gasteiger partial charge in [0.05, 0.1) is 18.6 Å². The van der Waals surface area contributed by atoms with Crippen molar-refractivity contribution in [1.82, 2.24) is 9.97 Å². The number of anilines is 1. The van der Waals surface area contributed by atoms with E-state index in [0.29, 0.717) is 41.9 Å². The van der Waals surface area contributed by atoms with Crippen LogP contribution < -0.4 is 23.8 Å². The van der Waals surface area contributed by atoms with Crippen molar-refractivity contribution in [2.24, 2.45) is 0 Å². The zero-order valence-corrected chi connectivity index (χ0v) is 17.6. The molecule has 1 fully saturated rings. The smallest absolute Gasteiger partial charge is 0.232 e. The normalized spacial score (nSPS) is 16.5. The predicted octanol–water partition coefficient (Wildman–Crippen LogP) is 3.85. The van der Waals surface area contributed by atoms with Crippen LogP contribution in [0, 0.1) is 0 Å². The molecule has 9 heteroatoms. The summed E-state index contributed by atoms with van der Waals surface area (Å²) in [5.41, 5.74) is 3.20. The minimum absolute atomic E-state index is 0.209. The van der Waals surface area contributed by atoms with Crippen LogP contribution >= 0.6 is 0 Å². The zero-order valence-electron chi connectivity index (χ0n) is 17.6. The molecular weight excluding hydrogens is 426 g/mol. The van der Waals surface area contributed by atoms with Gasteiger partial charge in [0, 0.05) is 24.2 Å². The summed E-state index contributed by atoms with van der Waals surface area (Å²) in [6.07, 6.45) is 1.55. The van der Waals surface area contributed by atoms with E-state index in [4.69, 9.17) is 28.1 Å². The Hall–Kier alpha value is -3.98. The molecule has 0 spiro atoms. The molecule has 0 N–H and O–H groups in total. The van der Waals surface area contributed by atoms with Crippen molar-refractivity contribution < 1.29 is 28.1 Å². The summed E-state index contributed by atoms with van der Waals surface area (Å²) in [6.45, 7) is 3.21. The fourth-order valence-corrected chi connectivity index (χ4v) is 4.50. The van der Waals surface area contributed by atoms with Crippen molar-refractivity contribution in [2.75, 3.05) is 44.8 Å². The number of hydrogen-bond acceptors (Lipinski definition) is 9. The number of nitrogens with zero attached hydrogens (tertiary/aromatic N) is 3. The molecular formula is C24H19N3O6. The molecule has 0 aliphatic carbocycles. The fourth-order valence-electron chi connectivity index (χ4n) is 4.50. The molecule has 7 rings (SSSR count). The van der Waals surface area contributed by atoms with Gasteiger partial charge in [-0.15, -0.1) is 0 Å². The molecule has 166 valence electrons. The Kier molecular flexibility index (Phi) is 4.10. The Morgan fingerprint density at radius 3 is 2.15 bits per heavy atom. The maximum Gasteiger partial charge on any atom is 0.232 e. The van der Waals surface area contributed by atoms with Crippen molar-refractivity contribution in [3.63, 3.8) is 0 Å². The van der Waals surface area contributed by atoms with Gasteiger partial charge in [-0.25, -0.2) is 9.97 Å². The first-order chi connectivity index (χ1) is 16.3. The lowest BCUT2D eigenvalue weighted by Crippen LogP contribution is -2.36. The number of rotatable bonds is 3. The van der Waals surface area contributed by atoms with Crippen LogP contribution in [0.3, 0.4) is 0 Å². The molecule has 2 aromatic heterocycles. The molecule has 2 aromatic carbocycles. The van der Waals surface area contributed by atoms with Crippen LogP contribution in [0.2, 0.25) is 0 Å². The van der Waals surface area contributed by atoms with E-state index in [2.05, 4.69) is 14.9 Å². The molecule has 0 atom stereocenters. The molecule has 33 heavy (non-hydrogen) atoms. The molecule has 3 aliphatic heterocycles. The van der Waals surface area contributed by atoms with Gasteiger partial charge < -0.3 is 33.0 Å². The third-order valence-corrected chi connectivity index (χ3v) is 6.07. The van der Waals surface area contributed by atoms with E-state index in [0.717, 1.165) is 46.7 Å². The predicted molar refractivity (Wildman–Crippen MR) is 118 cm³/mol. The maximum atomic E-state index is 6.37. The monoisotopic (exact) mass is 445 g/mol. The van der Waals surface area contributed by atoms with E-state index in [9.17, 15) is 0 Å². The Labute approximate surface area is 188 Å². The standard InChI is InChI=1S/C24H19N3O6/c1-3-16-18(31-12-29-16)9-14(1)20-21-23(27-5-7-28-8-6-27)25-11-26-24(21)33-22(20)15-2-4-17-19(10-15)32-13-30-17/h1-4,9-11H,5-8,12-13H2. The van der Waals surface area contributed by atoms with Gasteiger partial charge in [-0.05, 0) is 35.9 Å². The van der Waals surface area contributed by atoms with Gasteiger partial charge >= 0.3 is 0 Å². The van der Waals surface area contributed by atoms with Gasteiger partial charge in [0.1, 0.15) is 17.9 Å². The van der Waals surface area contributed by atoms with Gasteiger partial charge in [-0.3, -0.25) is 0 Å². The number of morpholine rings is 1. The summed E-state index contributed by atoms with van der Waals surface area (Å²) in [7, 11) is 0. The number of aromatic nitrogens is 2. The highest BCUT2D eigenvalue weighted by atomic mass is 16.7. The van der Waals surface area contributed by atoms with E-state index in [1.807, 2.05) is 36.4 Å². The Balaban J connectivity index is 1.49. The van der Waals surface area contributed by atoms with E-state index in [1.54, 1.807) is 6.33 Å². The second-order valence-corrected chi connectivity index (χ2v) is 7.92. The van der Waals surface area contributed by atoms with Gasteiger partial charge in [0.25, 0.3) is 0 Å². The molecule has 0 radical (unpaired) electrons.